The summed E-state index contributed by atoms with van der Waals surface area (Å²) in [4.78, 5) is 11.9. The predicted molar refractivity (Wildman–Crippen MR) is 82.5 cm³/mol. The maximum atomic E-state index is 11.9. The van der Waals surface area contributed by atoms with Gasteiger partial charge >= 0.3 is 5.97 Å². The number of esters is 1. The molecule has 0 spiro atoms. The van der Waals surface area contributed by atoms with Crippen molar-refractivity contribution in [1.29, 1.82) is 0 Å². The van der Waals surface area contributed by atoms with E-state index in [1.165, 1.54) is 12.7 Å². The molecule has 0 bridgehead atoms. The second-order valence-electron chi connectivity index (χ2n) is 4.68. The number of aryl methyl sites for hydroxylation is 1. The van der Waals surface area contributed by atoms with Gasteiger partial charge in [0, 0.05) is 0 Å². The second kappa shape index (κ2) is 7.33. The monoisotopic (exact) mass is 285 g/mol. The number of hydrogen-bond donors (Lipinski definition) is 1. The molecule has 110 valence electrons. The van der Waals surface area contributed by atoms with Gasteiger partial charge in [-0.05, 0) is 36.6 Å². The maximum absolute atomic E-state index is 11.9. The lowest BCUT2D eigenvalue weighted by Crippen LogP contribution is -2.08. The fourth-order valence-corrected chi connectivity index (χ4v) is 2.01. The third kappa shape index (κ3) is 4.24. The smallest absolute Gasteiger partial charge is 0.338 e. The van der Waals surface area contributed by atoms with E-state index in [1.54, 1.807) is 18.2 Å². The number of benzene rings is 2. The topological polar surface area (TPSA) is 61.5 Å². The van der Waals surface area contributed by atoms with Crippen molar-refractivity contribution in [2.75, 3.05) is 19.5 Å². The van der Waals surface area contributed by atoms with Crippen molar-refractivity contribution in [1.82, 2.24) is 0 Å². The van der Waals surface area contributed by atoms with Gasteiger partial charge in [0.05, 0.1) is 25.0 Å². The molecule has 0 radical (unpaired) electrons. The predicted octanol–water partition coefficient (Wildman–Crippen LogP) is 3.07. The van der Waals surface area contributed by atoms with Crippen molar-refractivity contribution in [3.63, 3.8) is 0 Å². The zero-order valence-corrected chi connectivity index (χ0v) is 12.0. The van der Waals surface area contributed by atoms with Crippen LogP contribution >= 0.6 is 0 Å². The third-order valence-electron chi connectivity index (χ3n) is 3.15. The molecule has 0 amide bonds. The zero-order chi connectivity index (χ0) is 15.1. The number of anilines is 1. The molecule has 2 aromatic rings. The van der Waals surface area contributed by atoms with Crippen molar-refractivity contribution in [3.05, 3.63) is 59.7 Å². The van der Waals surface area contributed by atoms with Crippen molar-refractivity contribution < 1.29 is 14.3 Å². The van der Waals surface area contributed by atoms with Crippen molar-refractivity contribution in [2.24, 2.45) is 0 Å². The third-order valence-corrected chi connectivity index (χ3v) is 3.15. The molecule has 0 unspecified atom stereocenters. The minimum atomic E-state index is -0.360. The van der Waals surface area contributed by atoms with Crippen LogP contribution in [0.5, 0.6) is 5.75 Å². The Morgan fingerprint density at radius 2 is 1.90 bits per heavy atom. The summed E-state index contributed by atoms with van der Waals surface area (Å²) >= 11 is 0. The summed E-state index contributed by atoms with van der Waals surface area (Å²) in [5.41, 5.74) is 7.89. The molecule has 0 heterocycles. The van der Waals surface area contributed by atoms with Gasteiger partial charge in [0.25, 0.3) is 0 Å². The normalized spacial score (nSPS) is 10.1. The fraction of sp³-hybridized carbons (Fsp3) is 0.235. The first-order valence-corrected chi connectivity index (χ1v) is 6.85. The first-order chi connectivity index (χ1) is 10.2. The number of methoxy groups -OCH3 is 1. The van der Waals surface area contributed by atoms with Gasteiger partial charge in [0.2, 0.25) is 0 Å². The summed E-state index contributed by atoms with van der Waals surface area (Å²) in [5.74, 6) is 0.120. The number of nitrogens with two attached hydrogens (primary N) is 1. The number of rotatable bonds is 6. The van der Waals surface area contributed by atoms with Gasteiger partial charge in [-0.15, -0.1) is 0 Å². The Morgan fingerprint density at radius 3 is 2.62 bits per heavy atom. The summed E-state index contributed by atoms with van der Waals surface area (Å²) < 4.78 is 10.3. The fourth-order valence-electron chi connectivity index (χ4n) is 2.01. The second-order valence-corrected chi connectivity index (χ2v) is 4.68. The lowest BCUT2D eigenvalue weighted by Gasteiger charge is -2.08. The van der Waals surface area contributed by atoms with Crippen LogP contribution in [-0.2, 0) is 11.2 Å². The van der Waals surface area contributed by atoms with Crippen LogP contribution in [0, 0.1) is 0 Å². The highest BCUT2D eigenvalue weighted by atomic mass is 16.5. The lowest BCUT2D eigenvalue weighted by molar-refractivity contribution is 0.0500. The van der Waals surface area contributed by atoms with E-state index < -0.39 is 0 Å². The molecule has 0 aliphatic rings. The quantitative estimate of drug-likeness (QED) is 0.503. The van der Waals surface area contributed by atoms with E-state index in [9.17, 15) is 4.79 Å². The molecule has 4 heteroatoms. The van der Waals surface area contributed by atoms with Crippen LogP contribution in [0.3, 0.4) is 0 Å². The van der Waals surface area contributed by atoms with Crippen LogP contribution in [0.15, 0.2) is 48.5 Å². The van der Waals surface area contributed by atoms with E-state index in [0.29, 0.717) is 23.6 Å². The van der Waals surface area contributed by atoms with E-state index in [0.717, 1.165) is 12.8 Å². The Bertz CT molecular complexity index is 596. The van der Waals surface area contributed by atoms with Crippen LogP contribution < -0.4 is 10.5 Å². The van der Waals surface area contributed by atoms with Crippen LogP contribution in [-0.4, -0.2) is 19.7 Å². The Kier molecular flexibility index (Phi) is 5.21. The lowest BCUT2D eigenvalue weighted by atomic mass is 10.1. The highest BCUT2D eigenvalue weighted by Gasteiger charge is 2.10. The Morgan fingerprint density at radius 1 is 1.14 bits per heavy atom. The molecule has 0 aliphatic heterocycles. The van der Waals surface area contributed by atoms with Gasteiger partial charge in [-0.1, -0.05) is 30.3 Å². The van der Waals surface area contributed by atoms with Gasteiger partial charge < -0.3 is 15.2 Å². The molecule has 2 rings (SSSR count). The maximum Gasteiger partial charge on any atom is 0.338 e. The molecule has 0 saturated heterocycles. The molecule has 2 aromatic carbocycles. The molecule has 0 fully saturated rings. The summed E-state index contributed by atoms with van der Waals surface area (Å²) in [6.07, 6.45) is 1.68. The van der Waals surface area contributed by atoms with Gasteiger partial charge in [-0.2, -0.15) is 0 Å². The average Bonchev–Trinajstić information content (AvgIpc) is 2.53. The molecule has 0 aromatic heterocycles. The van der Waals surface area contributed by atoms with E-state index >= 15 is 0 Å². The van der Waals surface area contributed by atoms with E-state index in [1.807, 2.05) is 18.2 Å². The zero-order valence-electron chi connectivity index (χ0n) is 12.0. The number of hydrogen-bond acceptors (Lipinski definition) is 4. The largest absolute Gasteiger partial charge is 0.495 e. The molecular weight excluding hydrogens is 266 g/mol. The first kappa shape index (κ1) is 14.9. The van der Waals surface area contributed by atoms with E-state index in [2.05, 4.69) is 12.1 Å². The van der Waals surface area contributed by atoms with Gasteiger partial charge in [0.1, 0.15) is 5.75 Å². The van der Waals surface area contributed by atoms with Gasteiger partial charge in [-0.25, -0.2) is 4.79 Å². The molecular formula is C17H19NO3. The van der Waals surface area contributed by atoms with Gasteiger partial charge in [0.15, 0.2) is 0 Å². The molecule has 0 atom stereocenters. The molecule has 0 saturated carbocycles. The van der Waals surface area contributed by atoms with Crippen molar-refractivity contribution >= 4 is 11.7 Å². The highest BCUT2D eigenvalue weighted by molar-refractivity contribution is 5.90. The summed E-state index contributed by atoms with van der Waals surface area (Å²) in [5, 5.41) is 0. The standard InChI is InChI=1S/C17H19NO3/c1-20-16-12-14(9-10-15(16)18)17(19)21-11-5-8-13-6-3-2-4-7-13/h2-4,6-7,9-10,12H,5,8,11,18H2,1H3. The first-order valence-electron chi connectivity index (χ1n) is 6.85. The Hall–Kier alpha value is -2.49. The number of ether oxygens (including phenoxy) is 2. The SMILES string of the molecule is COc1cc(C(=O)OCCCc2ccccc2)ccc1N. The van der Waals surface area contributed by atoms with Crippen LogP contribution in [0.2, 0.25) is 0 Å². The number of carbonyl (C=O) groups excluding carboxylic acids is 1. The van der Waals surface area contributed by atoms with Crippen molar-refractivity contribution in [3.8, 4) is 5.75 Å². The Labute approximate surface area is 124 Å². The summed E-state index contributed by atoms with van der Waals surface area (Å²) in [7, 11) is 1.51. The molecule has 4 nitrogen and oxygen atoms in total. The number of carbonyl (C=O) groups is 1. The Balaban J connectivity index is 1.82. The minimum absolute atomic E-state index is 0.360. The summed E-state index contributed by atoms with van der Waals surface area (Å²) in [6, 6.07) is 15.0. The average molecular weight is 285 g/mol. The van der Waals surface area contributed by atoms with Crippen molar-refractivity contribution in [2.45, 2.75) is 12.8 Å². The highest BCUT2D eigenvalue weighted by Crippen LogP contribution is 2.22. The molecule has 2 N–H and O–H groups in total. The van der Waals surface area contributed by atoms with Gasteiger partial charge in [-0.3, -0.25) is 0 Å². The van der Waals surface area contributed by atoms with Crippen LogP contribution in [0.1, 0.15) is 22.3 Å². The van der Waals surface area contributed by atoms with E-state index in [-0.39, 0.29) is 5.97 Å². The minimum Gasteiger partial charge on any atom is -0.495 e. The molecule has 0 aliphatic carbocycles. The number of nitrogen functional groups attached to an aromatic ring is 1. The molecule has 21 heavy (non-hydrogen) atoms. The van der Waals surface area contributed by atoms with Crippen LogP contribution in [0.25, 0.3) is 0 Å². The van der Waals surface area contributed by atoms with Crippen LogP contribution in [0.4, 0.5) is 5.69 Å². The van der Waals surface area contributed by atoms with E-state index in [4.69, 9.17) is 15.2 Å². The summed E-state index contributed by atoms with van der Waals surface area (Å²) in [6.45, 7) is 0.389.